The third-order valence-corrected chi connectivity index (χ3v) is 4.86. The fourth-order valence-electron chi connectivity index (χ4n) is 3.50. The van der Waals surface area contributed by atoms with Crippen LogP contribution in [-0.2, 0) is 0 Å². The lowest BCUT2D eigenvalue weighted by Gasteiger charge is -2.50. The van der Waals surface area contributed by atoms with Crippen molar-refractivity contribution in [3.8, 4) is 0 Å². The second kappa shape index (κ2) is 5.27. The van der Waals surface area contributed by atoms with Crippen LogP contribution < -0.4 is 0 Å². The molecule has 0 atom stereocenters. The van der Waals surface area contributed by atoms with Crippen LogP contribution in [0.5, 0.6) is 0 Å². The minimum atomic E-state index is -0.799. The standard InChI is InChI=1S/C18H22N2O2/c1-12(2)16-13(3)4-5-15(19-16)14-6-8-18(9-7-14)10-20(11-18)17(21)22/h4-6H,1,7-11H2,2-3H3,(H,21,22). The van der Waals surface area contributed by atoms with E-state index in [1.165, 1.54) is 10.5 Å². The lowest BCUT2D eigenvalue weighted by atomic mass is 9.69. The van der Waals surface area contributed by atoms with Gasteiger partial charge in [0.05, 0.1) is 11.4 Å². The van der Waals surface area contributed by atoms with E-state index in [9.17, 15) is 4.79 Å². The second-order valence-corrected chi connectivity index (χ2v) is 6.71. The highest BCUT2D eigenvalue weighted by Gasteiger charge is 2.45. The van der Waals surface area contributed by atoms with E-state index in [0.717, 1.165) is 41.8 Å². The number of carbonyl (C=O) groups is 1. The molecule has 4 heteroatoms. The molecule has 116 valence electrons. The van der Waals surface area contributed by atoms with E-state index >= 15 is 0 Å². The topological polar surface area (TPSA) is 53.4 Å². The summed E-state index contributed by atoms with van der Waals surface area (Å²) < 4.78 is 0. The van der Waals surface area contributed by atoms with E-state index < -0.39 is 6.09 Å². The Kier molecular flexibility index (Phi) is 3.55. The van der Waals surface area contributed by atoms with Gasteiger partial charge in [0.25, 0.3) is 0 Å². The van der Waals surface area contributed by atoms with Gasteiger partial charge in [-0.1, -0.05) is 18.7 Å². The summed E-state index contributed by atoms with van der Waals surface area (Å²) in [7, 11) is 0. The highest BCUT2D eigenvalue weighted by Crippen LogP contribution is 2.44. The summed E-state index contributed by atoms with van der Waals surface area (Å²) in [6.07, 6.45) is 4.42. The molecule has 1 aromatic heterocycles. The van der Waals surface area contributed by atoms with Crippen molar-refractivity contribution >= 4 is 17.2 Å². The monoisotopic (exact) mass is 298 g/mol. The molecule has 3 rings (SSSR count). The van der Waals surface area contributed by atoms with Crippen molar-refractivity contribution in [2.24, 2.45) is 5.41 Å². The molecule has 1 saturated heterocycles. The van der Waals surface area contributed by atoms with Crippen LogP contribution in [0, 0.1) is 12.3 Å². The van der Waals surface area contributed by atoms with Crippen LogP contribution in [0.2, 0.25) is 0 Å². The van der Waals surface area contributed by atoms with Gasteiger partial charge in [-0.3, -0.25) is 0 Å². The van der Waals surface area contributed by atoms with Gasteiger partial charge < -0.3 is 10.0 Å². The van der Waals surface area contributed by atoms with Crippen molar-refractivity contribution in [1.82, 2.24) is 9.88 Å². The van der Waals surface area contributed by atoms with Gasteiger partial charge in [0.15, 0.2) is 0 Å². The van der Waals surface area contributed by atoms with Crippen LogP contribution in [0.4, 0.5) is 4.79 Å². The van der Waals surface area contributed by atoms with E-state index in [0.29, 0.717) is 13.1 Å². The van der Waals surface area contributed by atoms with Gasteiger partial charge in [-0.2, -0.15) is 0 Å². The van der Waals surface area contributed by atoms with Crippen molar-refractivity contribution in [2.75, 3.05) is 13.1 Å². The Balaban J connectivity index is 1.76. The van der Waals surface area contributed by atoms with E-state index in [1.807, 2.05) is 6.92 Å². The Morgan fingerprint density at radius 3 is 2.68 bits per heavy atom. The summed E-state index contributed by atoms with van der Waals surface area (Å²) >= 11 is 0. The number of amides is 1. The molecule has 1 fully saturated rings. The molecule has 0 saturated carbocycles. The fourth-order valence-corrected chi connectivity index (χ4v) is 3.50. The van der Waals surface area contributed by atoms with Crippen molar-refractivity contribution in [3.05, 3.63) is 41.7 Å². The average Bonchev–Trinajstić information content (AvgIpc) is 2.45. The summed E-state index contributed by atoms with van der Waals surface area (Å²) in [5, 5.41) is 8.98. The molecule has 1 amide bonds. The molecule has 4 nitrogen and oxygen atoms in total. The van der Waals surface area contributed by atoms with Gasteiger partial charge in [0.2, 0.25) is 0 Å². The Morgan fingerprint density at radius 2 is 2.14 bits per heavy atom. The molecule has 2 heterocycles. The number of likely N-dealkylation sites (tertiary alicyclic amines) is 1. The number of aromatic nitrogens is 1. The third-order valence-electron chi connectivity index (χ3n) is 4.86. The molecule has 0 aromatic carbocycles. The SMILES string of the molecule is C=C(C)c1nc(C2=CCC3(CC2)CN(C(=O)O)C3)ccc1C. The van der Waals surface area contributed by atoms with E-state index in [4.69, 9.17) is 10.1 Å². The smallest absolute Gasteiger partial charge is 0.407 e. The maximum Gasteiger partial charge on any atom is 0.407 e. The van der Waals surface area contributed by atoms with Gasteiger partial charge in [-0.05, 0) is 55.9 Å². The number of nitrogens with zero attached hydrogens (tertiary/aromatic N) is 2. The Labute approximate surface area is 131 Å². The van der Waals surface area contributed by atoms with Gasteiger partial charge in [-0.15, -0.1) is 0 Å². The highest BCUT2D eigenvalue weighted by atomic mass is 16.4. The van der Waals surface area contributed by atoms with Crippen LogP contribution in [-0.4, -0.2) is 34.2 Å². The van der Waals surface area contributed by atoms with Gasteiger partial charge in [0.1, 0.15) is 0 Å². The number of carboxylic acid groups (broad SMARTS) is 1. The fraction of sp³-hybridized carbons (Fsp3) is 0.444. The predicted octanol–water partition coefficient (Wildman–Crippen LogP) is 3.97. The first-order valence-corrected chi connectivity index (χ1v) is 7.71. The summed E-state index contributed by atoms with van der Waals surface area (Å²) in [6, 6.07) is 4.18. The summed E-state index contributed by atoms with van der Waals surface area (Å²) in [5.41, 5.74) is 5.61. The molecular weight excluding hydrogens is 276 g/mol. The number of hydrogen-bond donors (Lipinski definition) is 1. The van der Waals surface area contributed by atoms with E-state index in [1.54, 1.807) is 0 Å². The molecule has 0 radical (unpaired) electrons. The molecule has 1 aromatic rings. The van der Waals surface area contributed by atoms with E-state index in [-0.39, 0.29) is 5.41 Å². The molecule has 1 aliphatic heterocycles. The molecule has 1 spiro atoms. The first-order chi connectivity index (χ1) is 10.4. The lowest BCUT2D eigenvalue weighted by molar-refractivity contribution is 0.00502. The first kappa shape index (κ1) is 14.8. The largest absolute Gasteiger partial charge is 0.465 e. The summed E-state index contributed by atoms with van der Waals surface area (Å²) in [6.45, 7) is 9.38. The highest BCUT2D eigenvalue weighted by molar-refractivity contribution is 5.69. The van der Waals surface area contributed by atoms with E-state index in [2.05, 4.69) is 31.7 Å². The van der Waals surface area contributed by atoms with Crippen molar-refractivity contribution in [1.29, 1.82) is 0 Å². The molecule has 1 aliphatic carbocycles. The van der Waals surface area contributed by atoms with Crippen molar-refractivity contribution in [3.63, 3.8) is 0 Å². The molecular formula is C18H22N2O2. The molecule has 0 bridgehead atoms. The second-order valence-electron chi connectivity index (χ2n) is 6.71. The van der Waals surface area contributed by atoms with Gasteiger partial charge in [0, 0.05) is 18.5 Å². The zero-order chi connectivity index (χ0) is 15.9. The summed E-state index contributed by atoms with van der Waals surface area (Å²) in [5.74, 6) is 0. The Bertz CT molecular complexity index is 670. The maximum absolute atomic E-state index is 10.9. The van der Waals surface area contributed by atoms with Crippen molar-refractivity contribution in [2.45, 2.75) is 33.1 Å². The van der Waals surface area contributed by atoms with Crippen LogP contribution in [0.15, 0.2) is 24.8 Å². The molecule has 1 N–H and O–H groups in total. The van der Waals surface area contributed by atoms with Crippen LogP contribution >= 0.6 is 0 Å². The number of pyridine rings is 1. The third kappa shape index (κ3) is 2.54. The molecule has 2 aliphatic rings. The summed E-state index contributed by atoms with van der Waals surface area (Å²) in [4.78, 5) is 17.2. The van der Waals surface area contributed by atoms with Crippen LogP contribution in [0.1, 0.15) is 43.1 Å². The normalized spacial score (nSPS) is 19.5. The lowest BCUT2D eigenvalue weighted by Crippen LogP contribution is -2.58. The van der Waals surface area contributed by atoms with Crippen LogP contribution in [0.3, 0.4) is 0 Å². The van der Waals surface area contributed by atoms with Crippen LogP contribution in [0.25, 0.3) is 11.1 Å². The average molecular weight is 298 g/mol. The van der Waals surface area contributed by atoms with Gasteiger partial charge >= 0.3 is 6.09 Å². The molecule has 22 heavy (non-hydrogen) atoms. The predicted molar refractivity (Wildman–Crippen MR) is 87.5 cm³/mol. The zero-order valence-corrected chi connectivity index (χ0v) is 13.2. The van der Waals surface area contributed by atoms with Gasteiger partial charge in [-0.25, -0.2) is 9.78 Å². The van der Waals surface area contributed by atoms with Crippen molar-refractivity contribution < 1.29 is 9.90 Å². The Morgan fingerprint density at radius 1 is 1.41 bits per heavy atom. The first-order valence-electron chi connectivity index (χ1n) is 7.71. The number of hydrogen-bond acceptors (Lipinski definition) is 2. The minimum absolute atomic E-state index is 0.170. The number of allylic oxidation sites excluding steroid dienone is 3. The maximum atomic E-state index is 10.9. The number of aryl methyl sites for hydroxylation is 1. The molecule has 0 unspecified atom stereocenters. The quantitative estimate of drug-likeness (QED) is 0.898. The number of rotatable bonds is 2. The zero-order valence-electron chi connectivity index (χ0n) is 13.2. The minimum Gasteiger partial charge on any atom is -0.465 e. The Hall–Kier alpha value is -2.10.